The zero-order valence-electron chi connectivity index (χ0n) is 15.7. The maximum Gasteiger partial charge on any atom is 0.227 e. The summed E-state index contributed by atoms with van der Waals surface area (Å²) in [5.74, 6) is 1.41. The average molecular weight is 344 g/mol. The van der Waals surface area contributed by atoms with Crippen molar-refractivity contribution in [2.45, 2.75) is 45.6 Å². The molecule has 6 heteroatoms. The van der Waals surface area contributed by atoms with Crippen LogP contribution in [-0.4, -0.2) is 41.6 Å². The molecule has 1 heterocycles. The number of carbonyl (C=O) groups is 1. The maximum atomic E-state index is 12.2. The minimum Gasteiger partial charge on any atom is -0.354 e. The molecule has 0 aliphatic heterocycles. The maximum absolute atomic E-state index is 12.2. The van der Waals surface area contributed by atoms with Crippen LogP contribution in [0.25, 0.3) is 0 Å². The molecular formula is C19H28N4O2. The van der Waals surface area contributed by atoms with E-state index in [1.54, 1.807) is 0 Å². The average Bonchev–Trinajstić information content (AvgIpc) is 3.04. The van der Waals surface area contributed by atoms with E-state index in [9.17, 15) is 4.79 Å². The fourth-order valence-corrected chi connectivity index (χ4v) is 2.51. The van der Waals surface area contributed by atoms with Gasteiger partial charge in [-0.25, -0.2) is 0 Å². The lowest BCUT2D eigenvalue weighted by molar-refractivity contribution is -0.121. The van der Waals surface area contributed by atoms with Crippen molar-refractivity contribution in [3.8, 4) is 0 Å². The fraction of sp³-hybridized carbons (Fsp3) is 0.526. The molecule has 0 bridgehead atoms. The lowest BCUT2D eigenvalue weighted by atomic mass is 10.0. The highest BCUT2D eigenvalue weighted by Crippen LogP contribution is 2.18. The Hall–Kier alpha value is -2.21. The summed E-state index contributed by atoms with van der Waals surface area (Å²) in [6, 6.07) is 8.54. The van der Waals surface area contributed by atoms with Gasteiger partial charge in [-0.15, -0.1) is 0 Å². The first-order valence-electron chi connectivity index (χ1n) is 8.69. The highest BCUT2D eigenvalue weighted by Gasteiger charge is 2.16. The van der Waals surface area contributed by atoms with Crippen LogP contribution >= 0.6 is 0 Å². The Kier molecular flexibility index (Phi) is 6.70. The first kappa shape index (κ1) is 19.1. The SMILES string of the molecule is Cc1ccc([C@@H](CNC(=O)CCc2nc(C(C)C)no2)N(C)C)cc1. The van der Waals surface area contributed by atoms with Gasteiger partial charge in [-0.05, 0) is 26.6 Å². The van der Waals surface area contributed by atoms with Crippen molar-refractivity contribution in [1.29, 1.82) is 0 Å². The number of nitrogens with zero attached hydrogens (tertiary/aromatic N) is 3. The second-order valence-corrected chi connectivity index (χ2v) is 6.90. The molecule has 136 valence electrons. The van der Waals surface area contributed by atoms with Crippen molar-refractivity contribution in [2.75, 3.05) is 20.6 Å². The Morgan fingerprint density at radius 1 is 1.24 bits per heavy atom. The summed E-state index contributed by atoms with van der Waals surface area (Å²) < 4.78 is 5.17. The Morgan fingerprint density at radius 3 is 2.48 bits per heavy atom. The fourth-order valence-electron chi connectivity index (χ4n) is 2.51. The van der Waals surface area contributed by atoms with E-state index in [-0.39, 0.29) is 17.9 Å². The lowest BCUT2D eigenvalue weighted by Gasteiger charge is -2.25. The van der Waals surface area contributed by atoms with E-state index >= 15 is 0 Å². The van der Waals surface area contributed by atoms with Gasteiger partial charge in [-0.3, -0.25) is 4.79 Å². The third-order valence-electron chi connectivity index (χ3n) is 4.14. The molecule has 1 atom stereocenters. The van der Waals surface area contributed by atoms with Crippen LogP contribution in [0.15, 0.2) is 28.8 Å². The summed E-state index contributed by atoms with van der Waals surface area (Å²) in [6.45, 7) is 6.65. The number of benzene rings is 1. The monoisotopic (exact) mass is 344 g/mol. The Labute approximate surface area is 149 Å². The topological polar surface area (TPSA) is 71.3 Å². The van der Waals surface area contributed by atoms with E-state index in [0.717, 1.165) is 0 Å². The largest absolute Gasteiger partial charge is 0.354 e. The van der Waals surface area contributed by atoms with E-state index in [1.165, 1.54) is 11.1 Å². The van der Waals surface area contributed by atoms with Gasteiger partial charge in [0.25, 0.3) is 0 Å². The Bertz CT molecular complexity index is 677. The standard InChI is InChI=1S/C19H28N4O2/c1-13(2)19-21-18(25-22-19)11-10-17(24)20-12-16(23(4)5)15-8-6-14(3)7-9-15/h6-9,13,16H,10-12H2,1-5H3,(H,20,24)/t16-/m1/s1. The molecule has 25 heavy (non-hydrogen) atoms. The number of rotatable bonds is 8. The Morgan fingerprint density at radius 2 is 1.92 bits per heavy atom. The normalized spacial score (nSPS) is 12.6. The smallest absolute Gasteiger partial charge is 0.227 e. The number of hydrogen-bond acceptors (Lipinski definition) is 5. The van der Waals surface area contributed by atoms with E-state index in [0.29, 0.717) is 31.1 Å². The quantitative estimate of drug-likeness (QED) is 0.797. The summed E-state index contributed by atoms with van der Waals surface area (Å²) in [5.41, 5.74) is 2.42. The minimum atomic E-state index is -0.0109. The number of nitrogens with one attached hydrogen (secondary N) is 1. The van der Waals surface area contributed by atoms with Crippen LogP contribution in [0.4, 0.5) is 0 Å². The van der Waals surface area contributed by atoms with Crippen LogP contribution in [0.5, 0.6) is 0 Å². The van der Waals surface area contributed by atoms with E-state index in [1.807, 2.05) is 27.9 Å². The van der Waals surface area contributed by atoms with Crippen molar-refractivity contribution in [2.24, 2.45) is 0 Å². The van der Waals surface area contributed by atoms with Crippen molar-refractivity contribution in [1.82, 2.24) is 20.4 Å². The van der Waals surface area contributed by atoms with Gasteiger partial charge >= 0.3 is 0 Å². The number of likely N-dealkylation sites (N-methyl/N-ethyl adjacent to an activating group) is 1. The van der Waals surface area contributed by atoms with Crippen molar-refractivity contribution in [3.05, 3.63) is 47.1 Å². The summed E-state index contributed by atoms with van der Waals surface area (Å²) in [6.07, 6.45) is 0.802. The third kappa shape index (κ3) is 5.67. The highest BCUT2D eigenvalue weighted by atomic mass is 16.5. The number of aromatic nitrogens is 2. The van der Waals surface area contributed by atoms with Gasteiger partial charge in [0, 0.05) is 25.3 Å². The van der Waals surface area contributed by atoms with Crippen LogP contribution in [0.3, 0.4) is 0 Å². The van der Waals surface area contributed by atoms with Crippen molar-refractivity contribution in [3.63, 3.8) is 0 Å². The van der Waals surface area contributed by atoms with Crippen LogP contribution in [-0.2, 0) is 11.2 Å². The molecule has 0 fully saturated rings. The molecule has 1 aromatic carbocycles. The molecule has 2 rings (SSSR count). The van der Waals surface area contributed by atoms with E-state index < -0.39 is 0 Å². The summed E-state index contributed by atoms with van der Waals surface area (Å²) in [7, 11) is 4.03. The van der Waals surface area contributed by atoms with Crippen LogP contribution < -0.4 is 5.32 Å². The van der Waals surface area contributed by atoms with Gasteiger partial charge in [0.1, 0.15) is 0 Å². The Balaban J connectivity index is 1.85. The number of aryl methyl sites for hydroxylation is 2. The van der Waals surface area contributed by atoms with Crippen LogP contribution in [0.2, 0.25) is 0 Å². The molecule has 1 amide bonds. The van der Waals surface area contributed by atoms with Gasteiger partial charge in [0.2, 0.25) is 11.8 Å². The molecule has 0 saturated carbocycles. The first-order valence-corrected chi connectivity index (χ1v) is 8.69. The van der Waals surface area contributed by atoms with Gasteiger partial charge in [0.15, 0.2) is 5.82 Å². The van der Waals surface area contributed by atoms with Crippen molar-refractivity contribution < 1.29 is 9.32 Å². The number of carbonyl (C=O) groups excluding carboxylic acids is 1. The highest BCUT2D eigenvalue weighted by molar-refractivity contribution is 5.76. The van der Waals surface area contributed by atoms with Crippen molar-refractivity contribution >= 4 is 5.91 Å². The predicted octanol–water partition coefficient (Wildman–Crippen LogP) is 2.85. The second-order valence-electron chi connectivity index (χ2n) is 6.90. The van der Waals surface area contributed by atoms with Gasteiger partial charge in [-0.2, -0.15) is 4.98 Å². The molecule has 2 aromatic rings. The predicted molar refractivity (Wildman–Crippen MR) is 97.3 cm³/mol. The number of amides is 1. The summed E-state index contributed by atoms with van der Waals surface area (Å²) >= 11 is 0. The van der Waals surface area contributed by atoms with Gasteiger partial charge in [0.05, 0.1) is 6.04 Å². The molecule has 0 aliphatic rings. The molecule has 0 spiro atoms. The summed E-state index contributed by atoms with van der Waals surface area (Å²) in [4.78, 5) is 18.6. The van der Waals surface area contributed by atoms with Gasteiger partial charge in [-0.1, -0.05) is 48.8 Å². The molecule has 6 nitrogen and oxygen atoms in total. The van der Waals surface area contributed by atoms with Gasteiger partial charge < -0.3 is 14.7 Å². The molecule has 1 N–H and O–H groups in total. The molecule has 0 unspecified atom stereocenters. The lowest BCUT2D eigenvalue weighted by Crippen LogP contribution is -2.34. The first-order chi connectivity index (χ1) is 11.9. The minimum absolute atomic E-state index is 0.0109. The molecule has 0 saturated heterocycles. The third-order valence-corrected chi connectivity index (χ3v) is 4.14. The van der Waals surface area contributed by atoms with Crippen LogP contribution in [0.1, 0.15) is 55.1 Å². The molecule has 1 aromatic heterocycles. The molecular weight excluding hydrogens is 316 g/mol. The molecule has 0 radical (unpaired) electrons. The summed E-state index contributed by atoms with van der Waals surface area (Å²) in [5, 5.41) is 6.92. The second kappa shape index (κ2) is 8.76. The van der Waals surface area contributed by atoms with E-state index in [4.69, 9.17) is 4.52 Å². The zero-order valence-corrected chi connectivity index (χ0v) is 15.7. The van der Waals surface area contributed by atoms with Crippen LogP contribution in [0, 0.1) is 6.92 Å². The van der Waals surface area contributed by atoms with E-state index in [2.05, 4.69) is 51.5 Å². The number of hydrogen-bond donors (Lipinski definition) is 1. The molecule has 0 aliphatic carbocycles. The zero-order chi connectivity index (χ0) is 18.4.